The Balaban J connectivity index is 1.27. The van der Waals surface area contributed by atoms with Crippen LogP contribution in [0, 0.1) is 0 Å². The van der Waals surface area contributed by atoms with E-state index in [0.717, 1.165) is 34.2 Å². The molecule has 1 N–H and O–H groups in total. The number of hydrogen-bond donors (Lipinski definition) is 1. The van der Waals surface area contributed by atoms with Crippen molar-refractivity contribution in [2.75, 3.05) is 31.6 Å². The summed E-state index contributed by atoms with van der Waals surface area (Å²) in [6.45, 7) is 18.8. The molecule has 0 spiro atoms. The topological polar surface area (TPSA) is 98.2 Å². The van der Waals surface area contributed by atoms with E-state index in [9.17, 15) is 9.59 Å². The van der Waals surface area contributed by atoms with E-state index in [-0.39, 0.29) is 18.2 Å². The highest BCUT2D eigenvalue weighted by atomic mass is 32.1. The number of anilines is 1. The Kier molecular flexibility index (Phi) is 13.1. The fourth-order valence-corrected chi connectivity index (χ4v) is 14.8. The number of benzene rings is 3. The van der Waals surface area contributed by atoms with Crippen molar-refractivity contribution in [3.63, 3.8) is 0 Å². The summed E-state index contributed by atoms with van der Waals surface area (Å²) in [7, 11) is -3.30. The number of hydrogen-bond acceptors (Lipinski definition) is 9. The summed E-state index contributed by atoms with van der Waals surface area (Å²) >= 11 is 1.37. The van der Waals surface area contributed by atoms with Crippen molar-refractivity contribution < 1.29 is 32.3 Å². The van der Waals surface area contributed by atoms with Gasteiger partial charge in [-0.05, 0) is 94.8 Å². The largest absolute Gasteiger partial charge is 0.444 e. The molecule has 1 fully saturated rings. The van der Waals surface area contributed by atoms with Gasteiger partial charge in [-0.3, -0.25) is 4.90 Å². The molecule has 0 bridgehead atoms. The Morgan fingerprint density at radius 3 is 2.03 bits per heavy atom. The Hall–Kier alpha value is -4.63. The second-order valence-electron chi connectivity index (χ2n) is 20.1. The summed E-state index contributed by atoms with van der Waals surface area (Å²) in [5.41, 5.74) is 0.740. The molecule has 1 saturated heterocycles. The third kappa shape index (κ3) is 10.0. The smallest absolute Gasteiger partial charge is 0.419 e. The predicted octanol–water partition coefficient (Wildman–Crippen LogP) is 10.2. The average Bonchev–Trinajstić information content (AvgIpc) is 3.79. The molecule has 2 aliphatic rings. The maximum absolute atomic E-state index is 17.3. The van der Waals surface area contributed by atoms with Crippen LogP contribution in [0.3, 0.4) is 0 Å². The van der Waals surface area contributed by atoms with Gasteiger partial charge in [-0.1, -0.05) is 99.6 Å². The molecule has 0 radical (unpaired) electrons. The molecule has 2 aliphatic heterocycles. The molecule has 7 rings (SSSR count). The summed E-state index contributed by atoms with van der Waals surface area (Å²) < 4.78 is 54.7. The monoisotopic (exact) mass is 899 g/mol. The molecule has 14 heteroatoms. The molecular formula is C49H63F2N5O5SSi. The minimum atomic E-state index is -3.32. The van der Waals surface area contributed by atoms with Crippen molar-refractivity contribution in [1.82, 2.24) is 19.4 Å². The molecule has 3 atom stereocenters. The lowest BCUT2D eigenvalue weighted by Crippen LogP contribution is -2.67. The molecule has 0 saturated carbocycles. The number of nitrogens with zero attached hydrogens (tertiary/aromatic N) is 4. The minimum Gasteiger partial charge on any atom is -0.444 e. The lowest BCUT2D eigenvalue weighted by Gasteiger charge is -2.45. The van der Waals surface area contributed by atoms with Crippen molar-refractivity contribution >= 4 is 58.2 Å². The zero-order chi connectivity index (χ0) is 45.5. The summed E-state index contributed by atoms with van der Waals surface area (Å²) in [6.07, 6.45) is 2.83. The summed E-state index contributed by atoms with van der Waals surface area (Å²) in [4.78, 5) is 36.4. The zero-order valence-electron chi connectivity index (χ0n) is 38.3. The van der Waals surface area contributed by atoms with Crippen LogP contribution >= 0.6 is 11.3 Å². The number of fused-ring (bicyclic) bond motifs is 3. The number of likely N-dealkylation sites (tertiary alicyclic amines) is 1. The Bertz CT molecular complexity index is 2350. The zero-order valence-corrected chi connectivity index (χ0v) is 40.2. The van der Waals surface area contributed by atoms with Gasteiger partial charge in [0.2, 0.25) is 0 Å². The van der Waals surface area contributed by atoms with Gasteiger partial charge in [0.1, 0.15) is 11.2 Å². The van der Waals surface area contributed by atoms with E-state index in [1.807, 2.05) is 138 Å². The molecule has 338 valence electrons. The second kappa shape index (κ2) is 17.7. The van der Waals surface area contributed by atoms with E-state index < -0.39 is 55.8 Å². The van der Waals surface area contributed by atoms with Crippen molar-refractivity contribution in [3.05, 3.63) is 107 Å². The number of nitrogens with one attached hydrogen (secondary N) is 1. The van der Waals surface area contributed by atoms with Crippen molar-refractivity contribution in [1.29, 1.82) is 0 Å². The van der Waals surface area contributed by atoms with Gasteiger partial charge in [0.25, 0.3) is 14.2 Å². The van der Waals surface area contributed by atoms with Crippen LogP contribution in [0.25, 0.3) is 10.9 Å². The number of ether oxygens (including phenoxy) is 2. The third-order valence-corrected chi connectivity index (χ3v) is 17.7. The molecular weight excluding hydrogens is 837 g/mol. The number of thiazole rings is 1. The van der Waals surface area contributed by atoms with Crippen LogP contribution in [0.1, 0.15) is 104 Å². The molecule has 0 unspecified atom stereocenters. The van der Waals surface area contributed by atoms with Gasteiger partial charge in [-0.25, -0.2) is 27.9 Å². The molecule has 3 aromatic carbocycles. The first-order valence-electron chi connectivity index (χ1n) is 22.0. The van der Waals surface area contributed by atoms with Crippen LogP contribution in [0.2, 0.25) is 5.04 Å². The molecule has 2 aromatic heterocycles. The summed E-state index contributed by atoms with van der Waals surface area (Å²) in [5, 5.41) is 6.37. The standard InChI is InChI=1S/C49H63F2N5O5SSi/c1-33-28-38-37-25-17-18-26-39(37)56(45(58)61-47(5,6)7)41(38)42(40-29-52-43(62-40)53-34-20-19-27-54(30-34)44(57)60-46(2,3)4)55(33)31-49(50,51)32-59-63(48(8,9)10,35-21-13-11-14-22-35)36-23-15-12-16-24-36/h11-18,21-26,29,33-34,42H,19-20,27-28,30-32H2,1-10H3,(H,52,53)/t33-,34-,42-/m1/s1. The number of halogens is 2. The van der Waals surface area contributed by atoms with Crippen LogP contribution in [0.4, 0.5) is 23.5 Å². The van der Waals surface area contributed by atoms with Crippen LogP contribution in [-0.2, 0) is 20.3 Å². The second-order valence-corrected chi connectivity index (χ2v) is 25.5. The van der Waals surface area contributed by atoms with Crippen molar-refractivity contribution in [2.45, 2.75) is 129 Å². The number of para-hydroxylation sites is 1. The molecule has 1 amide bonds. The van der Waals surface area contributed by atoms with Crippen LogP contribution in [0.15, 0.2) is 91.1 Å². The maximum Gasteiger partial charge on any atom is 0.419 e. The fraction of sp³-hybridized carbons (Fsp3) is 0.490. The van der Waals surface area contributed by atoms with E-state index in [1.165, 1.54) is 11.3 Å². The SMILES string of the molecule is C[C@@H]1Cc2c(n(C(=O)OC(C)(C)C)c3ccccc23)[C@@H](c2cnc(N[C@@H]3CCCN(C(=O)OC(C)(C)C)C3)s2)N1CC(F)(F)CO[Si](c1ccccc1)(c1ccccc1)C(C)(C)C. The lowest BCUT2D eigenvalue weighted by molar-refractivity contribution is -0.0820. The highest BCUT2D eigenvalue weighted by Gasteiger charge is 2.53. The van der Waals surface area contributed by atoms with Gasteiger partial charge in [0.05, 0.1) is 30.4 Å². The fourth-order valence-electron chi connectivity index (χ4n) is 9.23. The van der Waals surface area contributed by atoms with Gasteiger partial charge in [0.15, 0.2) is 5.13 Å². The minimum absolute atomic E-state index is 0.0987. The van der Waals surface area contributed by atoms with E-state index in [4.69, 9.17) is 18.9 Å². The maximum atomic E-state index is 17.3. The first kappa shape index (κ1) is 46.4. The average molecular weight is 900 g/mol. The summed E-state index contributed by atoms with van der Waals surface area (Å²) in [5.74, 6) is -3.32. The predicted molar refractivity (Wildman–Crippen MR) is 250 cm³/mol. The highest BCUT2D eigenvalue weighted by Crippen LogP contribution is 2.46. The number of alkyl halides is 2. The third-order valence-electron chi connectivity index (χ3n) is 11.8. The lowest BCUT2D eigenvalue weighted by atomic mass is 9.91. The van der Waals surface area contributed by atoms with Crippen molar-refractivity contribution in [2.24, 2.45) is 0 Å². The van der Waals surface area contributed by atoms with Crippen LogP contribution < -0.4 is 15.7 Å². The number of piperidine rings is 1. The molecule has 5 aromatic rings. The number of rotatable bonds is 10. The first-order chi connectivity index (χ1) is 29.6. The van der Waals surface area contributed by atoms with Gasteiger partial charge < -0.3 is 24.1 Å². The van der Waals surface area contributed by atoms with Gasteiger partial charge in [-0.15, -0.1) is 11.3 Å². The quantitative estimate of drug-likeness (QED) is 0.138. The van der Waals surface area contributed by atoms with Gasteiger partial charge >= 0.3 is 12.2 Å². The molecule has 0 aliphatic carbocycles. The van der Waals surface area contributed by atoms with E-state index in [2.05, 4.69) is 26.1 Å². The normalized spacial score (nSPS) is 19.2. The number of aromatic nitrogens is 2. The van der Waals surface area contributed by atoms with E-state index in [1.54, 1.807) is 15.7 Å². The van der Waals surface area contributed by atoms with Crippen molar-refractivity contribution in [3.8, 4) is 0 Å². The van der Waals surface area contributed by atoms with Crippen LogP contribution in [0.5, 0.6) is 0 Å². The van der Waals surface area contributed by atoms with Gasteiger partial charge in [-0.2, -0.15) is 0 Å². The number of carbonyl (C=O) groups is 2. The molecule has 10 nitrogen and oxygen atoms in total. The Labute approximate surface area is 376 Å². The highest BCUT2D eigenvalue weighted by molar-refractivity contribution is 7.15. The van der Waals surface area contributed by atoms with Crippen LogP contribution in [-0.4, -0.2) is 95.3 Å². The summed E-state index contributed by atoms with van der Waals surface area (Å²) in [6, 6.07) is 26.1. The number of carbonyl (C=O) groups excluding carboxylic acids is 2. The molecule has 4 heterocycles. The van der Waals surface area contributed by atoms with E-state index in [0.29, 0.717) is 40.7 Å². The Morgan fingerprint density at radius 1 is 0.841 bits per heavy atom. The van der Waals surface area contributed by atoms with E-state index >= 15 is 8.78 Å². The Morgan fingerprint density at radius 2 is 1.43 bits per heavy atom. The number of amides is 1. The molecule has 63 heavy (non-hydrogen) atoms. The first-order valence-corrected chi connectivity index (χ1v) is 24.7. The van der Waals surface area contributed by atoms with Gasteiger partial charge in [0, 0.05) is 41.6 Å².